The summed E-state index contributed by atoms with van der Waals surface area (Å²) >= 11 is 0. The molecule has 96 valence electrons. The van der Waals surface area contributed by atoms with Crippen molar-refractivity contribution in [3.63, 3.8) is 0 Å². The highest BCUT2D eigenvalue weighted by Gasteiger charge is 2.41. The monoisotopic (exact) mass is 264 g/mol. The molecule has 1 aromatic carbocycles. The minimum atomic E-state index is 0. The van der Waals surface area contributed by atoms with E-state index < -0.39 is 0 Å². The molecule has 1 amide bonds. The van der Waals surface area contributed by atoms with Crippen molar-refractivity contribution in [3.8, 4) is 0 Å². The normalized spacial score (nSPS) is 25.4. The fourth-order valence-electron chi connectivity index (χ4n) is 3.22. The Bertz CT molecular complexity index is 499. The molecule has 3 nitrogen and oxygen atoms in total. The highest BCUT2D eigenvalue weighted by Crippen LogP contribution is 2.46. The van der Waals surface area contributed by atoms with Gasteiger partial charge in [0.25, 0.3) is 5.91 Å². The molecule has 1 saturated carbocycles. The number of nitrogens with one attached hydrogen (secondary N) is 1. The van der Waals surface area contributed by atoms with Crippen molar-refractivity contribution in [1.29, 1.82) is 0 Å². The first-order chi connectivity index (χ1) is 8.36. The molecule has 1 aliphatic carbocycles. The molecular weight excluding hydrogens is 248 g/mol. The number of benzene rings is 1. The van der Waals surface area contributed by atoms with Gasteiger partial charge >= 0.3 is 0 Å². The van der Waals surface area contributed by atoms with Crippen LogP contribution in [-0.2, 0) is 0 Å². The number of carbonyl (C=O) groups is 1. The number of carbonyl (C=O) groups excluding carboxylic acids is 1. The van der Waals surface area contributed by atoms with Crippen molar-refractivity contribution in [2.45, 2.75) is 24.8 Å². The Kier molecular flexibility index (Phi) is 2.83. The number of amides is 1. The van der Waals surface area contributed by atoms with Crippen LogP contribution in [0.15, 0.2) is 18.2 Å². The van der Waals surface area contributed by atoms with Gasteiger partial charge in [-0.2, -0.15) is 0 Å². The summed E-state index contributed by atoms with van der Waals surface area (Å²) < 4.78 is 0. The molecule has 1 N–H and O–H groups in total. The van der Waals surface area contributed by atoms with E-state index in [9.17, 15) is 4.79 Å². The number of piperazine rings is 1. The van der Waals surface area contributed by atoms with E-state index in [0.717, 1.165) is 25.2 Å². The van der Waals surface area contributed by atoms with Crippen LogP contribution in [0, 0.1) is 0 Å². The SMILES string of the molecule is Cl.O=C1c2c(C3CC3)cccc2[C@H]2CNCCN12. The topological polar surface area (TPSA) is 32.3 Å². The molecule has 0 spiro atoms. The lowest BCUT2D eigenvalue weighted by molar-refractivity contribution is 0.0690. The molecule has 1 aromatic rings. The minimum absolute atomic E-state index is 0. The summed E-state index contributed by atoms with van der Waals surface area (Å²) in [7, 11) is 0. The van der Waals surface area contributed by atoms with E-state index in [1.165, 1.54) is 24.0 Å². The van der Waals surface area contributed by atoms with Gasteiger partial charge in [-0.1, -0.05) is 18.2 Å². The maximum absolute atomic E-state index is 12.5. The number of hydrogen-bond acceptors (Lipinski definition) is 2. The second kappa shape index (κ2) is 4.25. The van der Waals surface area contributed by atoms with Crippen molar-refractivity contribution in [1.82, 2.24) is 10.2 Å². The Labute approximate surface area is 113 Å². The summed E-state index contributed by atoms with van der Waals surface area (Å²) in [4.78, 5) is 14.5. The lowest BCUT2D eigenvalue weighted by Crippen LogP contribution is -2.44. The summed E-state index contributed by atoms with van der Waals surface area (Å²) in [5, 5.41) is 3.39. The molecule has 1 atom stereocenters. The van der Waals surface area contributed by atoms with E-state index in [4.69, 9.17) is 0 Å². The van der Waals surface area contributed by atoms with Crippen LogP contribution < -0.4 is 5.32 Å². The van der Waals surface area contributed by atoms with Crippen LogP contribution in [0.1, 0.15) is 46.3 Å². The highest BCUT2D eigenvalue weighted by molar-refractivity contribution is 6.01. The molecule has 2 fully saturated rings. The van der Waals surface area contributed by atoms with Crippen molar-refractivity contribution in [2.24, 2.45) is 0 Å². The second-order valence-electron chi connectivity index (χ2n) is 5.30. The molecule has 0 unspecified atom stereocenters. The third-order valence-corrected chi connectivity index (χ3v) is 4.22. The van der Waals surface area contributed by atoms with Crippen LogP contribution in [0.2, 0.25) is 0 Å². The van der Waals surface area contributed by atoms with E-state index in [1.807, 2.05) is 4.90 Å². The van der Waals surface area contributed by atoms with Gasteiger partial charge in [0.05, 0.1) is 6.04 Å². The third-order valence-electron chi connectivity index (χ3n) is 4.22. The zero-order valence-electron chi connectivity index (χ0n) is 10.2. The molecule has 0 radical (unpaired) electrons. The highest BCUT2D eigenvalue weighted by atomic mass is 35.5. The molecule has 3 aliphatic rings. The summed E-state index contributed by atoms with van der Waals surface area (Å²) in [6.45, 7) is 2.68. The Morgan fingerprint density at radius 2 is 2.00 bits per heavy atom. The van der Waals surface area contributed by atoms with E-state index in [1.54, 1.807) is 0 Å². The molecule has 1 saturated heterocycles. The average Bonchev–Trinajstić information content (AvgIpc) is 3.18. The van der Waals surface area contributed by atoms with Crippen molar-refractivity contribution in [2.75, 3.05) is 19.6 Å². The van der Waals surface area contributed by atoms with Crippen molar-refractivity contribution >= 4 is 18.3 Å². The van der Waals surface area contributed by atoms with Gasteiger partial charge in [-0.25, -0.2) is 0 Å². The van der Waals surface area contributed by atoms with Gasteiger partial charge in [-0.05, 0) is 29.9 Å². The molecule has 0 bridgehead atoms. The molecule has 4 heteroatoms. The second-order valence-corrected chi connectivity index (χ2v) is 5.30. The zero-order chi connectivity index (χ0) is 11.4. The van der Waals surface area contributed by atoms with Crippen LogP contribution in [0.4, 0.5) is 0 Å². The van der Waals surface area contributed by atoms with Crippen LogP contribution >= 0.6 is 12.4 Å². The largest absolute Gasteiger partial charge is 0.329 e. The first-order valence-electron chi connectivity index (χ1n) is 6.51. The zero-order valence-corrected chi connectivity index (χ0v) is 11.0. The van der Waals surface area contributed by atoms with Crippen molar-refractivity contribution in [3.05, 3.63) is 34.9 Å². The van der Waals surface area contributed by atoms with E-state index in [2.05, 4.69) is 23.5 Å². The quantitative estimate of drug-likeness (QED) is 0.842. The average molecular weight is 265 g/mol. The van der Waals surface area contributed by atoms with Gasteiger partial charge in [0.1, 0.15) is 0 Å². The van der Waals surface area contributed by atoms with Crippen LogP contribution in [-0.4, -0.2) is 30.4 Å². The first kappa shape index (κ1) is 12.0. The van der Waals surface area contributed by atoms with E-state index in [-0.39, 0.29) is 24.4 Å². The summed E-state index contributed by atoms with van der Waals surface area (Å²) in [5.74, 6) is 0.928. The Balaban J connectivity index is 0.000001000. The van der Waals surface area contributed by atoms with Crippen LogP contribution in [0.3, 0.4) is 0 Å². The van der Waals surface area contributed by atoms with Gasteiger partial charge in [0, 0.05) is 25.2 Å². The Morgan fingerprint density at radius 3 is 2.78 bits per heavy atom. The number of rotatable bonds is 1. The standard InChI is InChI=1S/C14H16N2O.ClH/c17-14-13-10(9-4-5-9)2-1-3-11(13)12-8-15-6-7-16(12)14;/h1-3,9,12,15H,4-8H2;1H/t12-;/m1./s1. The fourth-order valence-corrected chi connectivity index (χ4v) is 3.22. The predicted octanol–water partition coefficient (Wildman–Crippen LogP) is 2.09. The minimum Gasteiger partial charge on any atom is -0.329 e. The van der Waals surface area contributed by atoms with Gasteiger partial charge in [-0.3, -0.25) is 4.79 Å². The third kappa shape index (κ3) is 1.57. The first-order valence-corrected chi connectivity index (χ1v) is 6.51. The molecule has 0 aromatic heterocycles. The molecule has 4 rings (SSSR count). The molecule has 2 aliphatic heterocycles. The van der Waals surface area contributed by atoms with Gasteiger partial charge in [0.15, 0.2) is 0 Å². The maximum atomic E-state index is 12.5. The smallest absolute Gasteiger partial charge is 0.255 e. The number of hydrogen-bond donors (Lipinski definition) is 1. The Hall–Kier alpha value is -1.06. The molecule has 2 heterocycles. The van der Waals surface area contributed by atoms with Crippen molar-refractivity contribution < 1.29 is 4.79 Å². The summed E-state index contributed by atoms with van der Waals surface area (Å²) in [5.41, 5.74) is 3.59. The van der Waals surface area contributed by atoms with Crippen LogP contribution in [0.25, 0.3) is 0 Å². The number of nitrogens with zero attached hydrogens (tertiary/aromatic N) is 1. The molecule has 18 heavy (non-hydrogen) atoms. The molecular formula is C14H17ClN2O. The lowest BCUT2D eigenvalue weighted by atomic mass is 9.96. The Morgan fingerprint density at radius 1 is 1.22 bits per heavy atom. The van der Waals surface area contributed by atoms with Gasteiger partial charge in [-0.15, -0.1) is 12.4 Å². The van der Waals surface area contributed by atoms with Crippen LogP contribution in [0.5, 0.6) is 0 Å². The number of fused-ring (bicyclic) bond motifs is 3. The predicted molar refractivity (Wildman–Crippen MR) is 72.3 cm³/mol. The van der Waals surface area contributed by atoms with Gasteiger partial charge < -0.3 is 10.2 Å². The van der Waals surface area contributed by atoms with Gasteiger partial charge in [0.2, 0.25) is 0 Å². The summed E-state index contributed by atoms with van der Waals surface area (Å²) in [6.07, 6.45) is 2.51. The van der Waals surface area contributed by atoms with E-state index in [0.29, 0.717) is 5.92 Å². The number of halogens is 1. The maximum Gasteiger partial charge on any atom is 0.255 e. The fraction of sp³-hybridized carbons (Fsp3) is 0.500. The summed E-state index contributed by atoms with van der Waals surface area (Å²) in [6, 6.07) is 6.69. The van der Waals surface area contributed by atoms with E-state index >= 15 is 0 Å². The lowest BCUT2D eigenvalue weighted by Gasteiger charge is -2.30.